The molecule has 3 rings (SSSR count). The molecule has 1 fully saturated rings. The van der Waals surface area contributed by atoms with Crippen LogP contribution in [0.4, 0.5) is 24.5 Å². The number of anilines is 2. The van der Waals surface area contributed by atoms with Crippen LogP contribution in [0.15, 0.2) is 48.5 Å². The molecule has 3 atom stereocenters. The van der Waals surface area contributed by atoms with Gasteiger partial charge in [-0.3, -0.25) is 14.9 Å². The molecule has 0 aromatic heterocycles. The van der Waals surface area contributed by atoms with E-state index in [1.807, 2.05) is 6.92 Å². The van der Waals surface area contributed by atoms with Gasteiger partial charge in [0.15, 0.2) is 5.37 Å². The van der Waals surface area contributed by atoms with Crippen LogP contribution in [0.5, 0.6) is 5.75 Å². The highest BCUT2D eigenvalue weighted by molar-refractivity contribution is 7.93. The Kier molecular flexibility index (Phi) is 6.43. The van der Waals surface area contributed by atoms with Crippen molar-refractivity contribution in [1.82, 2.24) is 10.9 Å². The number of sulfonamides is 1. The lowest BCUT2D eigenvalue weighted by Gasteiger charge is -2.21. The normalized spacial score (nSPS) is 21.5. The molecule has 0 bridgehead atoms. The Hall–Kier alpha value is -2.83. The Balaban J connectivity index is 1.76. The number of hydrogen-bond donors (Lipinski definition) is 4. The fourth-order valence-corrected chi connectivity index (χ4v) is 4.70. The maximum Gasteiger partial charge on any atom is 0.573 e. The molecule has 2 aromatic rings. The minimum absolute atomic E-state index is 0.0356. The van der Waals surface area contributed by atoms with E-state index in [0.717, 1.165) is 17.7 Å². The summed E-state index contributed by atoms with van der Waals surface area (Å²) in [5.41, 5.74) is 6.65. The van der Waals surface area contributed by atoms with Crippen molar-refractivity contribution < 1.29 is 31.1 Å². The van der Waals surface area contributed by atoms with Gasteiger partial charge >= 0.3 is 6.36 Å². The maximum atomic E-state index is 12.9. The first kappa shape index (κ1) is 22.8. The third kappa shape index (κ3) is 5.87. The van der Waals surface area contributed by atoms with Gasteiger partial charge in [0.25, 0.3) is 10.0 Å². The van der Waals surface area contributed by atoms with Crippen LogP contribution >= 0.6 is 0 Å². The second-order valence-corrected chi connectivity index (χ2v) is 8.90. The van der Waals surface area contributed by atoms with Crippen LogP contribution < -0.4 is 25.6 Å². The maximum absolute atomic E-state index is 12.9. The summed E-state index contributed by atoms with van der Waals surface area (Å²) in [5.74, 6) is -2.27. The molecule has 0 spiro atoms. The van der Waals surface area contributed by atoms with Crippen LogP contribution in [-0.4, -0.2) is 32.1 Å². The number of halogens is 3. The fraction of sp³-hybridized carbons (Fsp3) is 0.316. The number of nitrogens with one attached hydrogen (secondary N) is 4. The van der Waals surface area contributed by atoms with Crippen molar-refractivity contribution >= 4 is 27.3 Å². The summed E-state index contributed by atoms with van der Waals surface area (Å²) in [4.78, 5) is 12.8. The lowest BCUT2D eigenvalue weighted by Crippen LogP contribution is -2.45. The molecule has 2 aromatic carbocycles. The van der Waals surface area contributed by atoms with Gasteiger partial charge in [0.2, 0.25) is 5.91 Å². The first-order valence-electron chi connectivity index (χ1n) is 9.21. The molecule has 1 saturated heterocycles. The average molecular weight is 458 g/mol. The summed E-state index contributed by atoms with van der Waals surface area (Å²) in [6.07, 6.45) is -4.88. The lowest BCUT2D eigenvalue weighted by atomic mass is 10.0. The highest BCUT2D eigenvalue weighted by Crippen LogP contribution is 2.27. The van der Waals surface area contributed by atoms with Gasteiger partial charge in [0.1, 0.15) is 5.75 Å². The molecule has 8 nitrogen and oxygen atoms in total. The van der Waals surface area contributed by atoms with E-state index in [-0.39, 0.29) is 5.69 Å². The predicted octanol–water partition coefficient (Wildman–Crippen LogP) is 2.71. The molecule has 1 aliphatic rings. The number of hydrogen-bond acceptors (Lipinski definition) is 6. The van der Waals surface area contributed by atoms with E-state index in [1.165, 1.54) is 12.1 Å². The topological polar surface area (TPSA) is 109 Å². The van der Waals surface area contributed by atoms with Crippen molar-refractivity contribution in [2.75, 3.05) is 10.0 Å². The van der Waals surface area contributed by atoms with Gasteiger partial charge in [0.05, 0.1) is 5.92 Å². The zero-order chi connectivity index (χ0) is 22.8. The second kappa shape index (κ2) is 8.73. The number of benzene rings is 2. The molecule has 12 heteroatoms. The van der Waals surface area contributed by atoms with Gasteiger partial charge in [-0.2, -0.15) is 0 Å². The van der Waals surface area contributed by atoms with Crippen molar-refractivity contribution in [3.05, 3.63) is 54.1 Å². The fourth-order valence-electron chi connectivity index (χ4n) is 3.14. The van der Waals surface area contributed by atoms with Crippen LogP contribution in [0.2, 0.25) is 0 Å². The number of aryl methyl sites for hydroxylation is 1. The largest absolute Gasteiger partial charge is 0.573 e. The summed E-state index contributed by atoms with van der Waals surface area (Å²) in [5, 5.41) is 1.13. The zero-order valence-corrected chi connectivity index (χ0v) is 17.3. The standard InChI is InChI=1S/C19H21F3N4O4S/c1-11-6-8-13(9-7-11)26-31(28,29)18-16(12(2)24-25-18)17(27)23-14-4-3-5-15(10-14)30-19(20,21)22/h3-10,12,16,18,24-26H,1-2H3,(H,23,27). The Morgan fingerprint density at radius 3 is 2.39 bits per heavy atom. The zero-order valence-electron chi connectivity index (χ0n) is 16.5. The lowest BCUT2D eigenvalue weighted by molar-refractivity contribution is -0.274. The van der Waals surface area contributed by atoms with Crippen molar-refractivity contribution in [1.29, 1.82) is 0 Å². The molecule has 1 aliphatic heterocycles. The third-order valence-corrected chi connectivity index (χ3v) is 6.20. The van der Waals surface area contributed by atoms with E-state index < -0.39 is 45.4 Å². The SMILES string of the molecule is Cc1ccc(NS(=O)(=O)C2NNC(C)C2C(=O)Nc2cccc(OC(F)(F)F)c2)cc1. The molecule has 4 N–H and O–H groups in total. The van der Waals surface area contributed by atoms with E-state index in [0.29, 0.717) is 5.69 Å². The van der Waals surface area contributed by atoms with Crippen LogP contribution in [0.3, 0.4) is 0 Å². The monoisotopic (exact) mass is 458 g/mol. The quantitative estimate of drug-likeness (QED) is 0.530. The van der Waals surface area contributed by atoms with Crippen molar-refractivity contribution in [3.8, 4) is 5.75 Å². The predicted molar refractivity (Wildman–Crippen MR) is 108 cm³/mol. The molecule has 31 heavy (non-hydrogen) atoms. The number of carbonyl (C=O) groups excluding carboxylic acids is 1. The number of amides is 1. The minimum Gasteiger partial charge on any atom is -0.406 e. The summed E-state index contributed by atoms with van der Waals surface area (Å²) in [6, 6.07) is 10.8. The van der Waals surface area contributed by atoms with Gasteiger partial charge < -0.3 is 10.1 Å². The molecular formula is C19H21F3N4O4S. The molecule has 1 amide bonds. The minimum atomic E-state index is -4.88. The summed E-state index contributed by atoms with van der Waals surface area (Å²) in [7, 11) is -4.04. The number of carbonyl (C=O) groups is 1. The van der Waals surface area contributed by atoms with E-state index in [2.05, 4.69) is 25.6 Å². The van der Waals surface area contributed by atoms with E-state index in [4.69, 9.17) is 0 Å². The highest BCUT2D eigenvalue weighted by atomic mass is 32.2. The molecule has 1 heterocycles. The van der Waals surface area contributed by atoms with Gasteiger partial charge in [-0.1, -0.05) is 23.8 Å². The smallest absolute Gasteiger partial charge is 0.406 e. The number of rotatable bonds is 6. The van der Waals surface area contributed by atoms with Crippen LogP contribution in [0.25, 0.3) is 0 Å². The van der Waals surface area contributed by atoms with Crippen molar-refractivity contribution in [3.63, 3.8) is 0 Å². The van der Waals surface area contributed by atoms with Crippen LogP contribution in [-0.2, 0) is 14.8 Å². The molecule has 0 saturated carbocycles. The molecular weight excluding hydrogens is 437 g/mol. The van der Waals surface area contributed by atoms with Gasteiger partial charge in [0, 0.05) is 23.5 Å². The Morgan fingerprint density at radius 2 is 1.74 bits per heavy atom. The van der Waals surface area contributed by atoms with E-state index in [9.17, 15) is 26.4 Å². The Morgan fingerprint density at radius 1 is 1.06 bits per heavy atom. The third-order valence-electron chi connectivity index (χ3n) is 4.60. The number of ether oxygens (including phenoxy) is 1. The highest BCUT2D eigenvalue weighted by Gasteiger charge is 2.46. The first-order chi connectivity index (χ1) is 14.4. The summed E-state index contributed by atoms with van der Waals surface area (Å²) < 4.78 is 69.3. The van der Waals surface area contributed by atoms with Crippen LogP contribution in [0, 0.1) is 12.8 Å². The first-order valence-corrected chi connectivity index (χ1v) is 10.8. The average Bonchev–Trinajstić information content (AvgIpc) is 3.05. The van der Waals surface area contributed by atoms with Gasteiger partial charge in [-0.05, 0) is 38.1 Å². The van der Waals surface area contributed by atoms with Crippen molar-refractivity contribution in [2.45, 2.75) is 31.6 Å². The molecule has 0 aliphatic carbocycles. The Labute approximate surface area is 177 Å². The molecule has 3 unspecified atom stereocenters. The molecule has 0 radical (unpaired) electrons. The summed E-state index contributed by atoms with van der Waals surface area (Å²) in [6.45, 7) is 3.47. The second-order valence-electron chi connectivity index (χ2n) is 7.10. The van der Waals surface area contributed by atoms with E-state index in [1.54, 1.807) is 31.2 Å². The molecule has 168 valence electrons. The number of hydrazine groups is 1. The van der Waals surface area contributed by atoms with Crippen LogP contribution in [0.1, 0.15) is 12.5 Å². The summed E-state index contributed by atoms with van der Waals surface area (Å²) >= 11 is 0. The number of alkyl halides is 3. The Bertz CT molecular complexity index is 1040. The van der Waals surface area contributed by atoms with Crippen molar-refractivity contribution in [2.24, 2.45) is 5.92 Å². The van der Waals surface area contributed by atoms with Gasteiger partial charge in [-0.25, -0.2) is 13.8 Å². The van der Waals surface area contributed by atoms with E-state index >= 15 is 0 Å². The van der Waals surface area contributed by atoms with Gasteiger partial charge in [-0.15, -0.1) is 13.2 Å².